The highest BCUT2D eigenvalue weighted by molar-refractivity contribution is 6.42. The number of aromatic nitrogens is 2. The standard InChI is InChI=1S/C21H16N4O5/c1-13(26)24-18-7-6-16(25(29)30)10-17(18)19(21(24)28)20(27)15-4-2-14(3-5-15)11-23-9-8-22-12-23/h2-10,12,27H,11H2,1H3. The molecule has 0 spiro atoms. The summed E-state index contributed by atoms with van der Waals surface area (Å²) >= 11 is 0. The predicted molar refractivity (Wildman–Crippen MR) is 108 cm³/mol. The maximum Gasteiger partial charge on any atom is 0.270 e. The van der Waals surface area contributed by atoms with Crippen molar-refractivity contribution in [1.29, 1.82) is 0 Å². The van der Waals surface area contributed by atoms with Gasteiger partial charge in [0.2, 0.25) is 5.91 Å². The zero-order chi connectivity index (χ0) is 21.4. The van der Waals surface area contributed by atoms with Gasteiger partial charge in [0, 0.05) is 49.1 Å². The van der Waals surface area contributed by atoms with E-state index in [1.54, 1.807) is 36.8 Å². The molecule has 0 atom stereocenters. The fourth-order valence-corrected chi connectivity index (χ4v) is 3.41. The van der Waals surface area contributed by atoms with Crippen molar-refractivity contribution >= 4 is 34.5 Å². The number of hydrogen-bond acceptors (Lipinski definition) is 6. The summed E-state index contributed by atoms with van der Waals surface area (Å²) in [5, 5.41) is 22.0. The van der Waals surface area contributed by atoms with Crippen molar-refractivity contribution in [2.24, 2.45) is 0 Å². The van der Waals surface area contributed by atoms with Crippen molar-refractivity contribution in [2.45, 2.75) is 13.5 Å². The van der Waals surface area contributed by atoms with E-state index in [4.69, 9.17) is 0 Å². The van der Waals surface area contributed by atoms with Crippen molar-refractivity contribution in [3.05, 3.63) is 88.0 Å². The van der Waals surface area contributed by atoms with Crippen LogP contribution in [0.4, 0.5) is 11.4 Å². The van der Waals surface area contributed by atoms with Crippen LogP contribution in [0.15, 0.2) is 61.2 Å². The number of benzene rings is 2. The Balaban J connectivity index is 1.78. The number of hydrogen-bond donors (Lipinski definition) is 1. The molecule has 0 bridgehead atoms. The first-order valence-corrected chi connectivity index (χ1v) is 8.99. The minimum atomic E-state index is -0.724. The first kappa shape index (κ1) is 19.1. The van der Waals surface area contributed by atoms with Gasteiger partial charge in [0.15, 0.2) is 0 Å². The molecular formula is C21H16N4O5. The van der Waals surface area contributed by atoms with Gasteiger partial charge in [-0.05, 0) is 11.6 Å². The second kappa shape index (κ2) is 7.28. The smallest absolute Gasteiger partial charge is 0.270 e. The molecule has 2 aromatic carbocycles. The number of anilines is 1. The molecule has 0 saturated carbocycles. The largest absolute Gasteiger partial charge is 0.506 e. The molecule has 1 aliphatic heterocycles. The lowest BCUT2D eigenvalue weighted by Gasteiger charge is -2.11. The fourth-order valence-electron chi connectivity index (χ4n) is 3.41. The van der Waals surface area contributed by atoms with Gasteiger partial charge < -0.3 is 9.67 Å². The van der Waals surface area contributed by atoms with Crippen molar-refractivity contribution in [3.63, 3.8) is 0 Å². The van der Waals surface area contributed by atoms with Crippen molar-refractivity contribution in [2.75, 3.05) is 4.90 Å². The Labute approximate surface area is 170 Å². The monoisotopic (exact) mass is 404 g/mol. The minimum Gasteiger partial charge on any atom is -0.506 e. The molecule has 30 heavy (non-hydrogen) atoms. The first-order chi connectivity index (χ1) is 14.4. The summed E-state index contributed by atoms with van der Waals surface area (Å²) in [6, 6.07) is 10.6. The SMILES string of the molecule is CC(=O)N1C(=O)C(=C(O)c2ccc(Cn3ccnc3)cc2)c2cc([N+](=O)[O-])ccc21. The molecule has 3 aromatic rings. The Morgan fingerprint density at radius 1 is 1.20 bits per heavy atom. The highest BCUT2D eigenvalue weighted by Crippen LogP contribution is 2.41. The van der Waals surface area contributed by atoms with Crippen LogP contribution < -0.4 is 4.90 Å². The molecule has 0 saturated heterocycles. The van der Waals surface area contributed by atoms with E-state index in [9.17, 15) is 24.8 Å². The number of fused-ring (bicyclic) bond motifs is 1. The van der Waals surface area contributed by atoms with Gasteiger partial charge in [0.1, 0.15) is 5.76 Å². The Morgan fingerprint density at radius 2 is 1.93 bits per heavy atom. The third-order valence-corrected chi connectivity index (χ3v) is 4.82. The van der Waals surface area contributed by atoms with E-state index in [2.05, 4.69) is 4.98 Å². The van der Waals surface area contributed by atoms with Crippen LogP contribution in [0.25, 0.3) is 11.3 Å². The number of carbonyl (C=O) groups excluding carboxylic acids is 2. The van der Waals surface area contributed by atoms with Gasteiger partial charge in [-0.1, -0.05) is 24.3 Å². The molecule has 0 fully saturated rings. The number of aliphatic hydroxyl groups is 1. The summed E-state index contributed by atoms with van der Waals surface area (Å²) in [5.74, 6) is -1.62. The molecule has 150 valence electrons. The number of non-ortho nitro benzene ring substituents is 1. The normalized spacial score (nSPS) is 14.6. The Morgan fingerprint density at radius 3 is 2.53 bits per heavy atom. The minimum absolute atomic E-state index is 0.143. The fraction of sp³-hybridized carbons (Fsp3) is 0.0952. The zero-order valence-corrected chi connectivity index (χ0v) is 15.8. The number of carbonyl (C=O) groups is 2. The summed E-state index contributed by atoms with van der Waals surface area (Å²) in [7, 11) is 0. The Kier molecular flexibility index (Phi) is 4.63. The molecule has 0 radical (unpaired) electrons. The Bertz CT molecular complexity index is 1200. The van der Waals surface area contributed by atoms with E-state index in [1.807, 2.05) is 10.8 Å². The van der Waals surface area contributed by atoms with Crippen LogP contribution in [0.1, 0.15) is 23.6 Å². The van der Waals surface area contributed by atoms with Crippen molar-refractivity contribution in [1.82, 2.24) is 9.55 Å². The van der Waals surface area contributed by atoms with Gasteiger partial charge in [-0.3, -0.25) is 19.7 Å². The van der Waals surface area contributed by atoms with Crippen LogP contribution in [-0.2, 0) is 16.1 Å². The molecule has 2 heterocycles. The molecular weight excluding hydrogens is 388 g/mol. The van der Waals surface area contributed by atoms with Crippen molar-refractivity contribution in [3.8, 4) is 0 Å². The number of aliphatic hydroxyl groups excluding tert-OH is 1. The lowest BCUT2D eigenvalue weighted by molar-refractivity contribution is -0.384. The van der Waals surface area contributed by atoms with Crippen LogP contribution >= 0.6 is 0 Å². The molecule has 4 rings (SSSR count). The van der Waals surface area contributed by atoms with Gasteiger partial charge in [0.05, 0.1) is 22.5 Å². The summed E-state index contributed by atoms with van der Waals surface area (Å²) in [6.45, 7) is 1.80. The molecule has 1 aromatic heterocycles. The lowest BCUT2D eigenvalue weighted by Crippen LogP contribution is -2.31. The second-order valence-corrected chi connectivity index (χ2v) is 6.77. The van der Waals surface area contributed by atoms with Gasteiger partial charge in [-0.25, -0.2) is 9.88 Å². The maximum absolute atomic E-state index is 12.9. The summed E-state index contributed by atoms with van der Waals surface area (Å²) in [5.41, 5.74) is 1.27. The molecule has 0 aliphatic carbocycles. The number of imidazole rings is 1. The molecule has 9 heteroatoms. The molecule has 1 aliphatic rings. The van der Waals surface area contributed by atoms with Crippen LogP contribution in [0.3, 0.4) is 0 Å². The van der Waals surface area contributed by atoms with E-state index >= 15 is 0 Å². The van der Waals surface area contributed by atoms with E-state index in [0.717, 1.165) is 10.5 Å². The highest BCUT2D eigenvalue weighted by atomic mass is 16.6. The molecule has 0 unspecified atom stereocenters. The lowest BCUT2D eigenvalue weighted by atomic mass is 10.0. The van der Waals surface area contributed by atoms with Crippen molar-refractivity contribution < 1.29 is 19.6 Å². The number of nitro benzene ring substituents is 1. The number of nitrogens with zero attached hydrogens (tertiary/aromatic N) is 4. The van der Waals surface area contributed by atoms with E-state index in [1.165, 1.54) is 25.1 Å². The second-order valence-electron chi connectivity index (χ2n) is 6.77. The third kappa shape index (κ3) is 3.22. The topological polar surface area (TPSA) is 119 Å². The van der Waals surface area contributed by atoms with Gasteiger partial charge in [0.25, 0.3) is 11.6 Å². The number of rotatable bonds is 4. The molecule has 1 N–H and O–H groups in total. The van der Waals surface area contributed by atoms with E-state index in [-0.39, 0.29) is 28.3 Å². The van der Waals surface area contributed by atoms with Gasteiger partial charge in [-0.15, -0.1) is 0 Å². The van der Waals surface area contributed by atoms with Crippen LogP contribution in [0, 0.1) is 10.1 Å². The quantitative estimate of drug-likeness (QED) is 0.309. The summed E-state index contributed by atoms with van der Waals surface area (Å²) in [4.78, 5) is 40.3. The maximum atomic E-state index is 12.9. The molecule has 2 amide bonds. The van der Waals surface area contributed by atoms with Crippen LogP contribution in [-0.4, -0.2) is 31.4 Å². The van der Waals surface area contributed by atoms with E-state index < -0.39 is 16.7 Å². The van der Waals surface area contributed by atoms with Gasteiger partial charge >= 0.3 is 0 Å². The predicted octanol–water partition coefficient (Wildman–Crippen LogP) is 3.16. The summed E-state index contributed by atoms with van der Waals surface area (Å²) in [6.07, 6.45) is 5.18. The number of amides is 2. The summed E-state index contributed by atoms with van der Waals surface area (Å²) < 4.78 is 1.88. The Hall–Kier alpha value is -4.27. The van der Waals surface area contributed by atoms with Crippen LogP contribution in [0.2, 0.25) is 0 Å². The van der Waals surface area contributed by atoms with E-state index in [0.29, 0.717) is 12.1 Å². The van der Waals surface area contributed by atoms with Crippen LogP contribution in [0.5, 0.6) is 0 Å². The van der Waals surface area contributed by atoms with Gasteiger partial charge in [-0.2, -0.15) is 0 Å². The third-order valence-electron chi connectivity index (χ3n) is 4.82. The zero-order valence-electron chi connectivity index (χ0n) is 15.8. The average molecular weight is 404 g/mol. The number of nitro groups is 1. The molecule has 9 nitrogen and oxygen atoms in total. The highest BCUT2D eigenvalue weighted by Gasteiger charge is 2.38. The number of imide groups is 1. The first-order valence-electron chi connectivity index (χ1n) is 8.99. The average Bonchev–Trinajstić information content (AvgIpc) is 3.32.